The number of ether oxygens (including phenoxy) is 1. The van der Waals surface area contributed by atoms with E-state index in [0.717, 1.165) is 38.9 Å². The van der Waals surface area contributed by atoms with Crippen molar-refractivity contribution >= 4 is 11.4 Å². The van der Waals surface area contributed by atoms with E-state index in [0.29, 0.717) is 17.2 Å². The van der Waals surface area contributed by atoms with Crippen molar-refractivity contribution < 1.29 is 9.13 Å². The summed E-state index contributed by atoms with van der Waals surface area (Å²) in [7, 11) is 0. The van der Waals surface area contributed by atoms with Gasteiger partial charge in [0.15, 0.2) is 0 Å². The van der Waals surface area contributed by atoms with Crippen LogP contribution >= 0.6 is 0 Å². The maximum atomic E-state index is 13.2. The van der Waals surface area contributed by atoms with Gasteiger partial charge in [0.25, 0.3) is 0 Å². The number of anilines is 1. The van der Waals surface area contributed by atoms with Crippen LogP contribution in [0.1, 0.15) is 5.56 Å². The maximum absolute atomic E-state index is 13.2. The lowest BCUT2D eigenvalue weighted by atomic mass is 9.96. The Morgan fingerprint density at radius 2 is 1.06 bits per heavy atom. The molecule has 0 saturated carbocycles. The van der Waals surface area contributed by atoms with Crippen LogP contribution in [0.2, 0.25) is 0 Å². The Kier molecular flexibility index (Phi) is 6.15. The van der Waals surface area contributed by atoms with E-state index in [-0.39, 0.29) is 5.82 Å². The van der Waals surface area contributed by atoms with E-state index in [1.54, 1.807) is 18.2 Å². The van der Waals surface area contributed by atoms with Gasteiger partial charge in [-0.1, -0.05) is 97.6 Å². The Morgan fingerprint density at radius 3 is 1.63 bits per heavy atom. The summed E-state index contributed by atoms with van der Waals surface area (Å²) in [6, 6.07) is 38.8. The van der Waals surface area contributed by atoms with Gasteiger partial charge in [0.2, 0.25) is 0 Å². The van der Waals surface area contributed by atoms with Gasteiger partial charge in [-0.15, -0.1) is 0 Å². The van der Waals surface area contributed by atoms with Crippen LogP contribution in [0.15, 0.2) is 128 Å². The lowest BCUT2D eigenvalue weighted by Crippen LogP contribution is -1.97. The molecule has 0 aromatic heterocycles. The smallest absolute Gasteiger partial charge is 0.150 e. The Bertz CT molecular complexity index is 1470. The van der Waals surface area contributed by atoms with Crippen molar-refractivity contribution in [1.29, 1.82) is 0 Å². The van der Waals surface area contributed by atoms with Gasteiger partial charge >= 0.3 is 0 Å². The molecule has 0 radical (unpaired) electrons. The normalized spacial score (nSPS) is 10.7. The van der Waals surface area contributed by atoms with E-state index in [1.807, 2.05) is 30.3 Å². The zero-order chi connectivity index (χ0) is 24.2. The van der Waals surface area contributed by atoms with Gasteiger partial charge in [-0.3, -0.25) is 0 Å². The van der Waals surface area contributed by atoms with Gasteiger partial charge < -0.3 is 10.5 Å². The monoisotopic (exact) mass is 457 g/mol. The number of hydrogen-bond donors (Lipinski definition) is 1. The Labute approximate surface area is 204 Å². The third-order valence-electron chi connectivity index (χ3n) is 5.95. The zero-order valence-corrected chi connectivity index (χ0v) is 19.1. The van der Waals surface area contributed by atoms with Crippen LogP contribution in [0.4, 0.5) is 10.1 Å². The molecular formula is C32H24FNO. The van der Waals surface area contributed by atoms with Crippen molar-refractivity contribution in [3.63, 3.8) is 0 Å². The number of halogens is 1. The van der Waals surface area contributed by atoms with E-state index >= 15 is 0 Å². The minimum absolute atomic E-state index is 0.229. The lowest BCUT2D eigenvalue weighted by molar-refractivity contribution is 0.519. The molecule has 5 rings (SSSR count). The van der Waals surface area contributed by atoms with Crippen molar-refractivity contribution in [3.8, 4) is 39.1 Å². The van der Waals surface area contributed by atoms with E-state index in [1.165, 1.54) is 12.1 Å². The van der Waals surface area contributed by atoms with E-state index < -0.39 is 0 Å². The molecule has 0 amide bonds. The largest absolute Gasteiger partial charge is 0.455 e. The first-order valence-corrected chi connectivity index (χ1v) is 11.4. The van der Waals surface area contributed by atoms with Crippen LogP contribution in [0.5, 0.6) is 5.75 Å². The third-order valence-corrected chi connectivity index (χ3v) is 5.95. The summed E-state index contributed by atoms with van der Waals surface area (Å²) in [6.07, 6.45) is 0. The number of para-hydroxylation sites is 2. The molecule has 5 aromatic rings. The predicted octanol–water partition coefficient (Wildman–Crippen LogP) is 8.46. The highest BCUT2D eigenvalue weighted by Crippen LogP contribution is 2.30. The zero-order valence-electron chi connectivity index (χ0n) is 19.1. The molecule has 0 aliphatic rings. The predicted molar refractivity (Wildman–Crippen MR) is 143 cm³/mol. The van der Waals surface area contributed by atoms with Gasteiger partial charge in [-0.2, -0.15) is 0 Å². The summed E-state index contributed by atoms with van der Waals surface area (Å²) >= 11 is 0. The summed E-state index contributed by atoms with van der Waals surface area (Å²) in [5.74, 6) is 0.914. The van der Waals surface area contributed by atoms with E-state index in [2.05, 4.69) is 67.2 Å². The highest BCUT2D eigenvalue weighted by atomic mass is 19.1. The van der Waals surface area contributed by atoms with Crippen LogP contribution in [0.3, 0.4) is 0 Å². The SMILES string of the molecule is C=C(Oc1ccccc1N)c1ccc(-c2cccc(-c3ccc(-c4ccc(F)cc4)cc3)c2)cc1. The number of hydrogen-bond acceptors (Lipinski definition) is 2. The molecule has 0 spiro atoms. The minimum atomic E-state index is -0.229. The summed E-state index contributed by atoms with van der Waals surface area (Å²) in [4.78, 5) is 0. The van der Waals surface area contributed by atoms with Gasteiger partial charge in [0, 0.05) is 5.56 Å². The Balaban J connectivity index is 1.33. The summed E-state index contributed by atoms with van der Waals surface area (Å²) in [5.41, 5.74) is 14.0. The first kappa shape index (κ1) is 22.2. The van der Waals surface area contributed by atoms with Crippen LogP contribution in [-0.2, 0) is 0 Å². The van der Waals surface area contributed by atoms with Crippen LogP contribution in [0, 0.1) is 5.82 Å². The highest BCUT2D eigenvalue weighted by Gasteiger charge is 2.07. The molecule has 0 fully saturated rings. The van der Waals surface area contributed by atoms with Crippen LogP contribution < -0.4 is 10.5 Å². The molecule has 2 N–H and O–H groups in total. The average molecular weight is 458 g/mol. The Hall–Kier alpha value is -4.63. The molecule has 170 valence electrons. The van der Waals surface area contributed by atoms with Gasteiger partial charge in [-0.25, -0.2) is 4.39 Å². The van der Waals surface area contributed by atoms with Gasteiger partial charge in [0.1, 0.15) is 17.3 Å². The molecule has 5 aromatic carbocycles. The minimum Gasteiger partial charge on any atom is -0.455 e. The summed E-state index contributed by atoms with van der Waals surface area (Å²) < 4.78 is 19.1. The summed E-state index contributed by atoms with van der Waals surface area (Å²) in [5, 5.41) is 0. The van der Waals surface area contributed by atoms with Gasteiger partial charge in [0.05, 0.1) is 5.69 Å². The molecule has 0 unspecified atom stereocenters. The summed E-state index contributed by atoms with van der Waals surface area (Å²) in [6.45, 7) is 4.05. The average Bonchev–Trinajstić information content (AvgIpc) is 2.91. The number of benzene rings is 5. The molecule has 0 heterocycles. The van der Waals surface area contributed by atoms with Crippen molar-refractivity contribution in [2.75, 3.05) is 5.73 Å². The van der Waals surface area contributed by atoms with E-state index in [4.69, 9.17) is 10.5 Å². The maximum Gasteiger partial charge on any atom is 0.150 e. The second-order valence-corrected chi connectivity index (χ2v) is 8.31. The lowest BCUT2D eigenvalue weighted by Gasteiger charge is -2.12. The fourth-order valence-electron chi connectivity index (χ4n) is 3.99. The second-order valence-electron chi connectivity index (χ2n) is 8.31. The number of nitrogen functional groups attached to an aromatic ring is 1. The number of rotatable bonds is 6. The topological polar surface area (TPSA) is 35.2 Å². The molecule has 0 bridgehead atoms. The van der Waals surface area contributed by atoms with Crippen LogP contribution in [0.25, 0.3) is 39.1 Å². The first-order valence-electron chi connectivity index (χ1n) is 11.4. The molecule has 2 nitrogen and oxygen atoms in total. The standard InChI is InChI=1S/C32H24FNO/c1-22(35-32-8-3-2-7-31(32)34)23-9-11-26(12-10-23)28-5-4-6-29(21-28)27-15-13-24(14-16-27)25-17-19-30(33)20-18-25/h2-21H,1,34H2. The third kappa shape index (κ3) is 4.99. The molecule has 0 saturated heterocycles. The van der Waals surface area contributed by atoms with Crippen molar-refractivity contribution in [2.45, 2.75) is 0 Å². The highest BCUT2D eigenvalue weighted by molar-refractivity contribution is 5.76. The van der Waals surface area contributed by atoms with E-state index in [9.17, 15) is 4.39 Å². The van der Waals surface area contributed by atoms with Gasteiger partial charge in [-0.05, 0) is 63.7 Å². The second kappa shape index (κ2) is 9.70. The molecule has 35 heavy (non-hydrogen) atoms. The number of nitrogens with two attached hydrogens (primary N) is 1. The fourth-order valence-corrected chi connectivity index (χ4v) is 3.99. The molecule has 0 aliphatic carbocycles. The molecule has 0 aliphatic heterocycles. The molecule has 0 atom stereocenters. The molecular weight excluding hydrogens is 433 g/mol. The molecule has 3 heteroatoms. The van der Waals surface area contributed by atoms with Crippen molar-refractivity contribution in [3.05, 3.63) is 139 Å². The Morgan fingerprint density at radius 1 is 0.571 bits per heavy atom. The first-order chi connectivity index (χ1) is 17.1. The quantitative estimate of drug-likeness (QED) is 0.205. The fraction of sp³-hybridized carbons (Fsp3) is 0. The van der Waals surface area contributed by atoms with Crippen LogP contribution in [-0.4, -0.2) is 0 Å². The van der Waals surface area contributed by atoms with Crippen molar-refractivity contribution in [2.24, 2.45) is 0 Å². The van der Waals surface area contributed by atoms with Crippen molar-refractivity contribution in [1.82, 2.24) is 0 Å².